The summed E-state index contributed by atoms with van der Waals surface area (Å²) in [6, 6.07) is 3.19. The maximum absolute atomic E-state index is 13.1. The van der Waals surface area contributed by atoms with Gasteiger partial charge in [-0.05, 0) is 44.6 Å². The number of carbonyl (C=O) groups is 1. The van der Waals surface area contributed by atoms with Crippen LogP contribution in [0.3, 0.4) is 0 Å². The number of carbonyl (C=O) groups excluding carboxylic acids is 1. The SMILES string of the molecule is CN1CCN(CCCCNC(=O)c2ccc(F)c(F)c2)CC1. The van der Waals surface area contributed by atoms with E-state index in [0.29, 0.717) is 6.54 Å². The van der Waals surface area contributed by atoms with Gasteiger partial charge in [-0.2, -0.15) is 0 Å². The largest absolute Gasteiger partial charge is 0.352 e. The van der Waals surface area contributed by atoms with Crippen LogP contribution in [-0.4, -0.2) is 62.0 Å². The first kappa shape index (κ1) is 16.8. The molecule has 1 amide bonds. The molecule has 1 aromatic carbocycles. The van der Waals surface area contributed by atoms with Gasteiger partial charge in [0.15, 0.2) is 11.6 Å². The number of hydrogen-bond donors (Lipinski definition) is 1. The molecule has 0 aromatic heterocycles. The third-order valence-electron chi connectivity index (χ3n) is 3.96. The van der Waals surface area contributed by atoms with E-state index in [2.05, 4.69) is 22.2 Å². The number of hydrogen-bond acceptors (Lipinski definition) is 3. The molecule has 0 unspecified atom stereocenters. The number of benzene rings is 1. The number of amides is 1. The summed E-state index contributed by atoms with van der Waals surface area (Å²) in [6.07, 6.45) is 1.89. The molecule has 0 bridgehead atoms. The van der Waals surface area contributed by atoms with Crippen molar-refractivity contribution in [2.75, 3.05) is 46.3 Å². The summed E-state index contributed by atoms with van der Waals surface area (Å²) >= 11 is 0. The standard InChI is InChI=1S/C16H23F2N3O/c1-20-8-10-21(11-9-20)7-3-2-6-19-16(22)13-4-5-14(17)15(18)12-13/h4-5,12H,2-3,6-11H2,1H3,(H,19,22). The van der Waals surface area contributed by atoms with Crippen molar-refractivity contribution in [2.24, 2.45) is 0 Å². The Morgan fingerprint density at radius 3 is 2.55 bits per heavy atom. The predicted octanol–water partition coefficient (Wildman–Crippen LogP) is 1.72. The smallest absolute Gasteiger partial charge is 0.251 e. The molecule has 1 aliphatic heterocycles. The molecule has 0 spiro atoms. The molecule has 1 saturated heterocycles. The fourth-order valence-corrected chi connectivity index (χ4v) is 2.47. The lowest BCUT2D eigenvalue weighted by atomic mass is 10.2. The quantitative estimate of drug-likeness (QED) is 0.813. The third-order valence-corrected chi connectivity index (χ3v) is 3.96. The van der Waals surface area contributed by atoms with Crippen LogP contribution in [0.5, 0.6) is 0 Å². The Balaban J connectivity index is 1.62. The van der Waals surface area contributed by atoms with Crippen molar-refractivity contribution in [1.82, 2.24) is 15.1 Å². The van der Waals surface area contributed by atoms with E-state index >= 15 is 0 Å². The number of unbranched alkanes of at least 4 members (excludes halogenated alkanes) is 1. The highest BCUT2D eigenvalue weighted by molar-refractivity contribution is 5.94. The predicted molar refractivity (Wildman–Crippen MR) is 81.9 cm³/mol. The van der Waals surface area contributed by atoms with Crippen molar-refractivity contribution in [1.29, 1.82) is 0 Å². The Morgan fingerprint density at radius 2 is 1.86 bits per heavy atom. The van der Waals surface area contributed by atoms with Crippen LogP contribution in [-0.2, 0) is 0 Å². The zero-order valence-corrected chi connectivity index (χ0v) is 12.9. The van der Waals surface area contributed by atoms with E-state index in [0.717, 1.165) is 57.7 Å². The van der Waals surface area contributed by atoms with E-state index in [1.54, 1.807) is 0 Å². The number of rotatable bonds is 6. The van der Waals surface area contributed by atoms with Crippen LogP contribution in [0, 0.1) is 11.6 Å². The first-order valence-electron chi connectivity index (χ1n) is 7.70. The van der Waals surface area contributed by atoms with E-state index in [1.165, 1.54) is 6.07 Å². The van der Waals surface area contributed by atoms with E-state index in [9.17, 15) is 13.6 Å². The van der Waals surface area contributed by atoms with Crippen LogP contribution in [0.25, 0.3) is 0 Å². The summed E-state index contributed by atoms with van der Waals surface area (Å²) in [5, 5.41) is 2.74. The zero-order chi connectivity index (χ0) is 15.9. The van der Waals surface area contributed by atoms with Crippen molar-refractivity contribution in [3.63, 3.8) is 0 Å². The van der Waals surface area contributed by atoms with E-state index < -0.39 is 11.6 Å². The monoisotopic (exact) mass is 311 g/mol. The first-order chi connectivity index (χ1) is 10.6. The summed E-state index contributed by atoms with van der Waals surface area (Å²) in [6.45, 7) is 5.98. The maximum Gasteiger partial charge on any atom is 0.251 e. The summed E-state index contributed by atoms with van der Waals surface area (Å²) < 4.78 is 25.9. The Morgan fingerprint density at radius 1 is 1.14 bits per heavy atom. The lowest BCUT2D eigenvalue weighted by molar-refractivity contribution is 0.0951. The minimum Gasteiger partial charge on any atom is -0.352 e. The Bertz CT molecular complexity index is 502. The molecule has 0 aliphatic carbocycles. The number of nitrogens with zero attached hydrogens (tertiary/aromatic N) is 2. The second-order valence-electron chi connectivity index (χ2n) is 5.74. The Kier molecular flexibility index (Phi) is 6.27. The van der Waals surface area contributed by atoms with Gasteiger partial charge in [-0.15, -0.1) is 0 Å². The molecule has 1 N–H and O–H groups in total. The van der Waals surface area contributed by atoms with Gasteiger partial charge in [-0.25, -0.2) is 8.78 Å². The van der Waals surface area contributed by atoms with Gasteiger partial charge >= 0.3 is 0 Å². The highest BCUT2D eigenvalue weighted by Gasteiger charge is 2.13. The molecule has 0 saturated carbocycles. The van der Waals surface area contributed by atoms with E-state index in [1.807, 2.05) is 0 Å². The summed E-state index contributed by atoms with van der Waals surface area (Å²) in [7, 11) is 2.13. The molecule has 2 rings (SSSR count). The molecule has 1 heterocycles. The molecule has 0 radical (unpaired) electrons. The van der Waals surface area contributed by atoms with Crippen LogP contribution < -0.4 is 5.32 Å². The number of likely N-dealkylation sites (N-methyl/N-ethyl adjacent to an activating group) is 1. The van der Waals surface area contributed by atoms with Gasteiger partial charge in [0.25, 0.3) is 5.91 Å². The number of piperazine rings is 1. The van der Waals surface area contributed by atoms with Crippen LogP contribution in [0.4, 0.5) is 8.78 Å². The molecule has 1 fully saturated rings. The average molecular weight is 311 g/mol. The summed E-state index contributed by atoms with van der Waals surface area (Å²) in [4.78, 5) is 16.5. The molecule has 1 aliphatic rings. The van der Waals surface area contributed by atoms with Gasteiger partial charge in [-0.3, -0.25) is 4.79 Å². The molecule has 22 heavy (non-hydrogen) atoms. The van der Waals surface area contributed by atoms with Gasteiger partial charge in [-0.1, -0.05) is 0 Å². The zero-order valence-electron chi connectivity index (χ0n) is 12.9. The third kappa shape index (κ3) is 5.03. The second kappa shape index (κ2) is 8.19. The minimum atomic E-state index is -0.997. The van der Waals surface area contributed by atoms with Gasteiger partial charge in [0.1, 0.15) is 0 Å². The average Bonchev–Trinajstić information content (AvgIpc) is 2.51. The van der Waals surface area contributed by atoms with Crippen molar-refractivity contribution >= 4 is 5.91 Å². The lowest BCUT2D eigenvalue weighted by Gasteiger charge is -2.32. The maximum atomic E-state index is 13.1. The van der Waals surface area contributed by atoms with Crippen molar-refractivity contribution in [3.8, 4) is 0 Å². The topological polar surface area (TPSA) is 35.6 Å². The van der Waals surface area contributed by atoms with Crippen LogP contribution >= 0.6 is 0 Å². The van der Waals surface area contributed by atoms with Crippen LogP contribution in [0.1, 0.15) is 23.2 Å². The van der Waals surface area contributed by atoms with Crippen molar-refractivity contribution in [3.05, 3.63) is 35.4 Å². The molecule has 6 heteroatoms. The molecule has 0 atom stereocenters. The molecular weight excluding hydrogens is 288 g/mol. The van der Waals surface area contributed by atoms with Crippen LogP contribution in [0.2, 0.25) is 0 Å². The summed E-state index contributed by atoms with van der Waals surface area (Å²) in [5.74, 6) is -2.30. The molecule has 1 aromatic rings. The lowest BCUT2D eigenvalue weighted by Crippen LogP contribution is -2.44. The molecule has 122 valence electrons. The highest BCUT2D eigenvalue weighted by atomic mass is 19.2. The first-order valence-corrected chi connectivity index (χ1v) is 7.70. The molecular formula is C16H23F2N3O. The van der Waals surface area contributed by atoms with Gasteiger partial charge < -0.3 is 15.1 Å². The fourth-order valence-electron chi connectivity index (χ4n) is 2.47. The van der Waals surface area contributed by atoms with Crippen LogP contribution in [0.15, 0.2) is 18.2 Å². The normalized spacial score (nSPS) is 16.7. The Hall–Kier alpha value is -1.53. The minimum absolute atomic E-state index is 0.151. The number of nitrogens with one attached hydrogen (secondary N) is 1. The van der Waals surface area contributed by atoms with Crippen molar-refractivity contribution in [2.45, 2.75) is 12.8 Å². The van der Waals surface area contributed by atoms with Gasteiger partial charge in [0.2, 0.25) is 0 Å². The van der Waals surface area contributed by atoms with Crippen molar-refractivity contribution < 1.29 is 13.6 Å². The molecule has 4 nitrogen and oxygen atoms in total. The van der Waals surface area contributed by atoms with E-state index in [-0.39, 0.29) is 11.5 Å². The highest BCUT2D eigenvalue weighted by Crippen LogP contribution is 2.08. The van der Waals surface area contributed by atoms with E-state index in [4.69, 9.17) is 0 Å². The van der Waals surface area contributed by atoms with Gasteiger partial charge in [0.05, 0.1) is 0 Å². The fraction of sp³-hybridized carbons (Fsp3) is 0.562. The summed E-state index contributed by atoms with van der Waals surface area (Å²) in [5.41, 5.74) is 0.151. The second-order valence-corrected chi connectivity index (χ2v) is 5.74. The number of halogens is 2. The Labute approximate surface area is 130 Å². The van der Waals surface area contributed by atoms with Gasteiger partial charge in [0, 0.05) is 38.3 Å².